The lowest BCUT2D eigenvalue weighted by Crippen LogP contribution is -2.54. The van der Waals surface area contributed by atoms with Gasteiger partial charge in [-0.25, -0.2) is 0 Å². The average Bonchev–Trinajstić information content (AvgIpc) is 2.22. The predicted molar refractivity (Wildman–Crippen MR) is 66.7 cm³/mol. The van der Waals surface area contributed by atoms with Gasteiger partial charge in [0, 0.05) is 13.1 Å². The summed E-state index contributed by atoms with van der Waals surface area (Å²) in [6.07, 6.45) is 1.62. The van der Waals surface area contributed by atoms with Crippen molar-refractivity contribution < 1.29 is 9.90 Å². The fourth-order valence-corrected chi connectivity index (χ4v) is 1.71. The molecule has 16 heavy (non-hydrogen) atoms. The van der Waals surface area contributed by atoms with E-state index in [1.807, 2.05) is 27.9 Å². The van der Waals surface area contributed by atoms with Crippen LogP contribution >= 0.6 is 0 Å². The summed E-state index contributed by atoms with van der Waals surface area (Å²) in [5.41, 5.74) is -0.730. The Kier molecular flexibility index (Phi) is 6.60. The van der Waals surface area contributed by atoms with Gasteiger partial charge in [-0.05, 0) is 40.4 Å². The zero-order valence-corrected chi connectivity index (χ0v) is 11.3. The molecule has 0 fully saturated rings. The van der Waals surface area contributed by atoms with Gasteiger partial charge in [0.25, 0.3) is 0 Å². The molecule has 0 saturated heterocycles. The molecule has 1 atom stereocenters. The molecule has 0 rings (SSSR count). The van der Waals surface area contributed by atoms with Crippen molar-refractivity contribution in [3.8, 4) is 0 Å². The van der Waals surface area contributed by atoms with Gasteiger partial charge >= 0.3 is 5.97 Å². The quantitative estimate of drug-likeness (QED) is 0.686. The van der Waals surface area contributed by atoms with Crippen molar-refractivity contribution in [2.45, 2.75) is 39.2 Å². The maximum Gasteiger partial charge on any atom is 0.323 e. The molecule has 0 aromatic heterocycles. The number of carboxylic acids is 1. The first-order valence-corrected chi connectivity index (χ1v) is 6.01. The summed E-state index contributed by atoms with van der Waals surface area (Å²) in [4.78, 5) is 15.5. The lowest BCUT2D eigenvalue weighted by Gasteiger charge is -2.37. The molecule has 0 aliphatic carbocycles. The normalized spacial score (nSPS) is 15.4. The van der Waals surface area contributed by atoms with E-state index in [0.717, 1.165) is 26.1 Å². The number of hydrogen-bond acceptors (Lipinski definition) is 3. The Morgan fingerprint density at radius 3 is 2.06 bits per heavy atom. The third kappa shape index (κ3) is 4.10. The van der Waals surface area contributed by atoms with Crippen molar-refractivity contribution in [1.29, 1.82) is 0 Å². The highest BCUT2D eigenvalue weighted by Gasteiger charge is 2.36. The summed E-state index contributed by atoms with van der Waals surface area (Å²) < 4.78 is 0. The fourth-order valence-electron chi connectivity index (χ4n) is 1.71. The van der Waals surface area contributed by atoms with E-state index in [9.17, 15) is 9.90 Å². The van der Waals surface area contributed by atoms with Gasteiger partial charge in [-0.1, -0.05) is 13.8 Å². The van der Waals surface area contributed by atoms with Crippen LogP contribution in [-0.2, 0) is 4.79 Å². The Morgan fingerprint density at radius 2 is 1.75 bits per heavy atom. The summed E-state index contributed by atoms with van der Waals surface area (Å²) in [6, 6.07) is 0. The predicted octanol–water partition coefficient (Wildman–Crippen LogP) is 1.51. The monoisotopic (exact) mass is 230 g/mol. The Labute approximate surface area is 99.2 Å². The van der Waals surface area contributed by atoms with Gasteiger partial charge in [0.2, 0.25) is 0 Å². The third-order valence-electron chi connectivity index (χ3n) is 3.16. The first-order chi connectivity index (χ1) is 7.38. The molecule has 1 unspecified atom stereocenters. The lowest BCUT2D eigenvalue weighted by atomic mass is 9.96. The highest BCUT2D eigenvalue weighted by Crippen LogP contribution is 2.20. The second-order valence-electron chi connectivity index (χ2n) is 4.72. The van der Waals surface area contributed by atoms with Crippen LogP contribution in [0.4, 0.5) is 0 Å². The van der Waals surface area contributed by atoms with Gasteiger partial charge in [-0.3, -0.25) is 9.69 Å². The van der Waals surface area contributed by atoms with Crippen molar-refractivity contribution in [3.05, 3.63) is 0 Å². The smallest absolute Gasteiger partial charge is 0.323 e. The Morgan fingerprint density at radius 1 is 1.19 bits per heavy atom. The summed E-state index contributed by atoms with van der Waals surface area (Å²) in [5.74, 6) is -0.720. The molecule has 0 aliphatic heterocycles. The Bertz CT molecular complexity index is 219. The number of carbonyl (C=O) groups is 1. The van der Waals surface area contributed by atoms with Crippen LogP contribution < -0.4 is 0 Å². The summed E-state index contributed by atoms with van der Waals surface area (Å²) in [5, 5.41) is 9.34. The van der Waals surface area contributed by atoms with Gasteiger partial charge < -0.3 is 10.0 Å². The van der Waals surface area contributed by atoms with E-state index in [-0.39, 0.29) is 0 Å². The Hall–Kier alpha value is -0.610. The van der Waals surface area contributed by atoms with Crippen molar-refractivity contribution in [3.63, 3.8) is 0 Å². The molecule has 1 N–H and O–H groups in total. The zero-order valence-electron chi connectivity index (χ0n) is 11.3. The highest BCUT2D eigenvalue weighted by atomic mass is 16.4. The minimum atomic E-state index is -0.730. The molecule has 0 aromatic carbocycles. The fraction of sp³-hybridized carbons (Fsp3) is 0.917. The van der Waals surface area contributed by atoms with E-state index in [1.54, 1.807) is 0 Å². The molecule has 0 amide bonds. The largest absolute Gasteiger partial charge is 0.480 e. The van der Waals surface area contributed by atoms with Crippen LogP contribution in [0, 0.1) is 0 Å². The van der Waals surface area contributed by atoms with Gasteiger partial charge in [-0.15, -0.1) is 0 Å². The summed E-state index contributed by atoms with van der Waals surface area (Å²) >= 11 is 0. The van der Waals surface area contributed by atoms with Crippen molar-refractivity contribution in [2.75, 3.05) is 33.7 Å². The van der Waals surface area contributed by atoms with Gasteiger partial charge in [0.15, 0.2) is 0 Å². The topological polar surface area (TPSA) is 43.8 Å². The number of nitrogens with zero attached hydrogens (tertiary/aromatic N) is 2. The van der Waals surface area contributed by atoms with Crippen LogP contribution in [0.25, 0.3) is 0 Å². The van der Waals surface area contributed by atoms with E-state index in [1.165, 1.54) is 0 Å². The van der Waals surface area contributed by atoms with E-state index in [2.05, 4.69) is 16.7 Å². The summed E-state index contributed by atoms with van der Waals surface area (Å²) in [6.45, 7) is 8.37. The van der Waals surface area contributed by atoms with Crippen LogP contribution in [-0.4, -0.2) is 60.1 Å². The molecular weight excluding hydrogens is 204 g/mol. The molecule has 0 aromatic rings. The molecule has 4 heteroatoms. The first-order valence-electron chi connectivity index (χ1n) is 6.01. The van der Waals surface area contributed by atoms with Crippen molar-refractivity contribution in [2.24, 2.45) is 0 Å². The van der Waals surface area contributed by atoms with Crippen LogP contribution in [0.2, 0.25) is 0 Å². The van der Waals surface area contributed by atoms with Crippen molar-refractivity contribution >= 4 is 5.97 Å². The van der Waals surface area contributed by atoms with E-state index >= 15 is 0 Å². The summed E-state index contributed by atoms with van der Waals surface area (Å²) in [7, 11) is 4.02. The standard InChI is InChI=1S/C12H26N2O2/c1-6-8-14(10-9-13(4)5)12(3,7-2)11(15)16/h6-10H2,1-5H3,(H,15,16). The highest BCUT2D eigenvalue weighted by molar-refractivity contribution is 5.78. The van der Waals surface area contributed by atoms with Crippen LogP contribution in [0.5, 0.6) is 0 Å². The van der Waals surface area contributed by atoms with E-state index in [4.69, 9.17) is 0 Å². The number of hydrogen-bond donors (Lipinski definition) is 1. The van der Waals surface area contributed by atoms with Crippen molar-refractivity contribution in [1.82, 2.24) is 9.80 Å². The van der Waals surface area contributed by atoms with E-state index in [0.29, 0.717) is 6.42 Å². The number of aliphatic carboxylic acids is 1. The maximum absolute atomic E-state index is 11.4. The maximum atomic E-state index is 11.4. The third-order valence-corrected chi connectivity index (χ3v) is 3.16. The second kappa shape index (κ2) is 6.86. The minimum Gasteiger partial charge on any atom is -0.480 e. The first kappa shape index (κ1) is 15.4. The Balaban J connectivity index is 4.65. The van der Waals surface area contributed by atoms with Gasteiger partial charge in [0.05, 0.1) is 0 Å². The molecule has 0 bridgehead atoms. The average molecular weight is 230 g/mol. The SMILES string of the molecule is CCCN(CCN(C)C)C(C)(CC)C(=O)O. The van der Waals surface area contributed by atoms with Gasteiger partial charge in [0.1, 0.15) is 5.54 Å². The lowest BCUT2D eigenvalue weighted by molar-refractivity contribution is -0.151. The van der Waals surface area contributed by atoms with Crippen LogP contribution in [0.1, 0.15) is 33.6 Å². The molecule has 96 valence electrons. The molecule has 0 aliphatic rings. The molecule has 0 spiro atoms. The molecule has 0 saturated carbocycles. The number of likely N-dealkylation sites (N-methyl/N-ethyl adjacent to an activating group) is 1. The van der Waals surface area contributed by atoms with Crippen LogP contribution in [0.15, 0.2) is 0 Å². The number of carboxylic acid groups (broad SMARTS) is 1. The molecule has 0 radical (unpaired) electrons. The number of rotatable bonds is 8. The molecule has 4 nitrogen and oxygen atoms in total. The van der Waals surface area contributed by atoms with Crippen LogP contribution in [0.3, 0.4) is 0 Å². The van der Waals surface area contributed by atoms with Gasteiger partial charge in [-0.2, -0.15) is 0 Å². The zero-order chi connectivity index (χ0) is 12.8. The second-order valence-corrected chi connectivity index (χ2v) is 4.72. The minimum absolute atomic E-state index is 0.635. The molecule has 0 heterocycles. The molecular formula is C12H26N2O2. The van der Waals surface area contributed by atoms with E-state index < -0.39 is 11.5 Å².